The van der Waals surface area contributed by atoms with Gasteiger partial charge in [-0.1, -0.05) is 43.7 Å². The monoisotopic (exact) mass is 246 g/mol. The van der Waals surface area contributed by atoms with Crippen molar-refractivity contribution in [2.24, 2.45) is 0 Å². The van der Waals surface area contributed by atoms with Crippen LogP contribution in [0, 0.1) is 0 Å². The number of hydrogen-bond acceptors (Lipinski definition) is 2. The lowest BCUT2D eigenvalue weighted by atomic mass is 10.1. The smallest absolute Gasteiger partial charge is 0.0194 e. The van der Waals surface area contributed by atoms with Crippen LogP contribution in [0.4, 0.5) is 0 Å². The lowest BCUT2D eigenvalue weighted by Crippen LogP contribution is -2.38. The topological polar surface area (TPSA) is 15.3 Å². The molecule has 1 N–H and O–H groups in total. The first-order valence-corrected chi connectivity index (χ1v) is 7.38. The zero-order valence-corrected chi connectivity index (χ0v) is 11.6. The van der Waals surface area contributed by atoms with Crippen molar-refractivity contribution in [3.63, 3.8) is 0 Å². The Morgan fingerprint density at radius 2 is 2.11 bits per heavy atom. The molecule has 0 amide bonds. The Balaban J connectivity index is 1.80. The SMILES string of the molecule is CCCC1CN(CCc2ccccc2)CCCN1. The van der Waals surface area contributed by atoms with E-state index in [9.17, 15) is 0 Å². The highest BCUT2D eigenvalue weighted by molar-refractivity contribution is 5.14. The van der Waals surface area contributed by atoms with Crippen LogP contribution in [-0.4, -0.2) is 37.1 Å². The summed E-state index contributed by atoms with van der Waals surface area (Å²) in [7, 11) is 0. The van der Waals surface area contributed by atoms with E-state index in [2.05, 4.69) is 47.5 Å². The quantitative estimate of drug-likeness (QED) is 0.859. The standard InChI is InChI=1S/C16H26N2/c1-2-7-16-14-18(12-6-11-17-16)13-10-15-8-4-3-5-9-15/h3-5,8-9,16-17H,2,6-7,10-14H2,1H3. The fourth-order valence-corrected chi connectivity index (χ4v) is 2.75. The molecule has 18 heavy (non-hydrogen) atoms. The minimum atomic E-state index is 0.702. The zero-order valence-electron chi connectivity index (χ0n) is 11.6. The minimum Gasteiger partial charge on any atom is -0.313 e. The van der Waals surface area contributed by atoms with Gasteiger partial charge in [-0.15, -0.1) is 0 Å². The number of hydrogen-bond donors (Lipinski definition) is 1. The maximum absolute atomic E-state index is 3.67. The molecule has 1 aromatic carbocycles. The van der Waals surface area contributed by atoms with Crippen LogP contribution in [0.3, 0.4) is 0 Å². The van der Waals surface area contributed by atoms with Crippen LogP contribution in [0.5, 0.6) is 0 Å². The van der Waals surface area contributed by atoms with Crippen molar-refractivity contribution in [1.82, 2.24) is 10.2 Å². The summed E-state index contributed by atoms with van der Waals surface area (Å²) in [6, 6.07) is 11.5. The van der Waals surface area contributed by atoms with Gasteiger partial charge in [0.25, 0.3) is 0 Å². The molecular formula is C16H26N2. The molecule has 1 atom stereocenters. The largest absolute Gasteiger partial charge is 0.313 e. The molecule has 1 aromatic rings. The summed E-state index contributed by atoms with van der Waals surface area (Å²) in [6.45, 7) is 7.14. The summed E-state index contributed by atoms with van der Waals surface area (Å²) in [4.78, 5) is 2.63. The van der Waals surface area contributed by atoms with E-state index in [0.29, 0.717) is 6.04 Å². The van der Waals surface area contributed by atoms with Crippen molar-refractivity contribution in [2.45, 2.75) is 38.6 Å². The molecule has 0 aromatic heterocycles. The number of nitrogens with one attached hydrogen (secondary N) is 1. The highest BCUT2D eigenvalue weighted by Crippen LogP contribution is 2.07. The Morgan fingerprint density at radius 1 is 1.28 bits per heavy atom. The summed E-state index contributed by atoms with van der Waals surface area (Å²) < 4.78 is 0. The molecule has 1 saturated heterocycles. The van der Waals surface area contributed by atoms with Crippen LogP contribution in [0.2, 0.25) is 0 Å². The van der Waals surface area contributed by atoms with E-state index in [1.165, 1.54) is 57.4 Å². The third kappa shape index (κ3) is 4.43. The highest BCUT2D eigenvalue weighted by Gasteiger charge is 2.16. The zero-order chi connectivity index (χ0) is 12.6. The van der Waals surface area contributed by atoms with Crippen LogP contribution in [0.1, 0.15) is 31.7 Å². The second-order valence-corrected chi connectivity index (χ2v) is 5.33. The lowest BCUT2D eigenvalue weighted by Gasteiger charge is -2.24. The van der Waals surface area contributed by atoms with E-state index >= 15 is 0 Å². The molecule has 1 aliphatic rings. The predicted octanol–water partition coefficient (Wildman–Crippen LogP) is 2.69. The molecule has 0 spiro atoms. The van der Waals surface area contributed by atoms with Gasteiger partial charge in [0, 0.05) is 19.1 Å². The average molecular weight is 246 g/mol. The van der Waals surface area contributed by atoms with Gasteiger partial charge in [0.2, 0.25) is 0 Å². The van der Waals surface area contributed by atoms with Crippen molar-refractivity contribution >= 4 is 0 Å². The minimum absolute atomic E-state index is 0.702. The van der Waals surface area contributed by atoms with E-state index < -0.39 is 0 Å². The van der Waals surface area contributed by atoms with Gasteiger partial charge < -0.3 is 10.2 Å². The van der Waals surface area contributed by atoms with Gasteiger partial charge >= 0.3 is 0 Å². The molecule has 1 fully saturated rings. The molecule has 1 heterocycles. The molecule has 2 rings (SSSR count). The number of benzene rings is 1. The maximum Gasteiger partial charge on any atom is 0.0194 e. The second kappa shape index (κ2) is 7.55. The van der Waals surface area contributed by atoms with Gasteiger partial charge in [-0.05, 0) is 37.9 Å². The van der Waals surface area contributed by atoms with E-state index in [1.807, 2.05) is 0 Å². The van der Waals surface area contributed by atoms with E-state index in [-0.39, 0.29) is 0 Å². The normalized spacial score (nSPS) is 21.7. The van der Waals surface area contributed by atoms with Crippen molar-refractivity contribution < 1.29 is 0 Å². The fourth-order valence-electron chi connectivity index (χ4n) is 2.75. The first-order chi connectivity index (χ1) is 8.88. The molecule has 1 aliphatic heterocycles. The first kappa shape index (κ1) is 13.6. The van der Waals surface area contributed by atoms with Crippen molar-refractivity contribution in [3.8, 4) is 0 Å². The van der Waals surface area contributed by atoms with Gasteiger partial charge in [-0.25, -0.2) is 0 Å². The Bertz CT molecular complexity index is 323. The fraction of sp³-hybridized carbons (Fsp3) is 0.625. The summed E-state index contributed by atoms with van der Waals surface area (Å²) >= 11 is 0. The van der Waals surface area contributed by atoms with Gasteiger partial charge in [0.15, 0.2) is 0 Å². The predicted molar refractivity (Wildman–Crippen MR) is 77.9 cm³/mol. The van der Waals surface area contributed by atoms with Crippen molar-refractivity contribution in [1.29, 1.82) is 0 Å². The van der Waals surface area contributed by atoms with Gasteiger partial charge in [0.1, 0.15) is 0 Å². The highest BCUT2D eigenvalue weighted by atomic mass is 15.2. The summed E-state index contributed by atoms with van der Waals surface area (Å²) in [5.41, 5.74) is 1.46. The molecule has 100 valence electrons. The van der Waals surface area contributed by atoms with Gasteiger partial charge in [0.05, 0.1) is 0 Å². The molecule has 2 heteroatoms. The summed E-state index contributed by atoms with van der Waals surface area (Å²) in [6.07, 6.45) is 5.06. The molecular weight excluding hydrogens is 220 g/mol. The van der Waals surface area contributed by atoms with Crippen LogP contribution >= 0.6 is 0 Å². The van der Waals surface area contributed by atoms with Crippen LogP contribution in [0.15, 0.2) is 30.3 Å². The molecule has 2 nitrogen and oxygen atoms in total. The average Bonchev–Trinajstić information content (AvgIpc) is 2.63. The van der Waals surface area contributed by atoms with E-state index in [1.54, 1.807) is 0 Å². The van der Waals surface area contributed by atoms with Gasteiger partial charge in [-0.3, -0.25) is 0 Å². The van der Waals surface area contributed by atoms with Crippen LogP contribution < -0.4 is 5.32 Å². The maximum atomic E-state index is 3.67. The Kier molecular flexibility index (Phi) is 5.69. The Labute approximate surface area is 111 Å². The lowest BCUT2D eigenvalue weighted by molar-refractivity contribution is 0.265. The molecule has 0 saturated carbocycles. The third-order valence-corrected chi connectivity index (χ3v) is 3.76. The summed E-state index contributed by atoms with van der Waals surface area (Å²) in [5, 5.41) is 3.67. The Morgan fingerprint density at radius 3 is 2.89 bits per heavy atom. The first-order valence-electron chi connectivity index (χ1n) is 7.38. The molecule has 0 bridgehead atoms. The second-order valence-electron chi connectivity index (χ2n) is 5.33. The van der Waals surface area contributed by atoms with Crippen molar-refractivity contribution in [3.05, 3.63) is 35.9 Å². The molecule has 0 aliphatic carbocycles. The Hall–Kier alpha value is -0.860. The molecule has 1 unspecified atom stereocenters. The van der Waals surface area contributed by atoms with E-state index in [0.717, 1.165) is 0 Å². The van der Waals surface area contributed by atoms with Crippen LogP contribution in [0.25, 0.3) is 0 Å². The number of nitrogens with zero attached hydrogens (tertiary/aromatic N) is 1. The van der Waals surface area contributed by atoms with Gasteiger partial charge in [-0.2, -0.15) is 0 Å². The summed E-state index contributed by atoms with van der Waals surface area (Å²) in [5.74, 6) is 0. The number of rotatable bonds is 5. The van der Waals surface area contributed by atoms with Crippen molar-refractivity contribution in [2.75, 3.05) is 26.2 Å². The van der Waals surface area contributed by atoms with Crippen LogP contribution in [-0.2, 0) is 6.42 Å². The van der Waals surface area contributed by atoms with E-state index in [4.69, 9.17) is 0 Å². The molecule has 0 radical (unpaired) electrons. The third-order valence-electron chi connectivity index (χ3n) is 3.76.